The summed E-state index contributed by atoms with van der Waals surface area (Å²) < 4.78 is 0. The monoisotopic (exact) mass is 218 g/mol. The molecular weight excluding hydrogens is 200 g/mol. The van der Waals surface area contributed by atoms with E-state index < -0.39 is 0 Å². The van der Waals surface area contributed by atoms with Crippen molar-refractivity contribution in [3.8, 4) is 0 Å². The summed E-state index contributed by atoms with van der Waals surface area (Å²) >= 11 is 0. The minimum absolute atomic E-state index is 0.0822. The highest BCUT2D eigenvalue weighted by Gasteiger charge is 2.33. The number of rotatable bonds is 4. The first-order chi connectivity index (χ1) is 7.59. The first-order valence-electron chi connectivity index (χ1n) is 5.76. The molecule has 0 spiro atoms. The number of nitrogens with zero attached hydrogens (tertiary/aromatic N) is 2. The molecule has 3 nitrogen and oxygen atoms in total. The van der Waals surface area contributed by atoms with E-state index in [-0.39, 0.29) is 5.78 Å². The Morgan fingerprint density at radius 2 is 2.31 bits per heavy atom. The quantitative estimate of drug-likeness (QED) is 0.727. The highest BCUT2D eigenvalue weighted by molar-refractivity contribution is 5.98. The number of pyridine rings is 1. The Morgan fingerprint density at radius 1 is 1.62 bits per heavy atom. The van der Waals surface area contributed by atoms with Gasteiger partial charge in [-0.05, 0) is 37.3 Å². The van der Waals surface area contributed by atoms with E-state index in [9.17, 15) is 4.79 Å². The van der Waals surface area contributed by atoms with Crippen LogP contribution >= 0.6 is 0 Å². The SMILES string of the molecule is CC(=O)c1cccnc1N(C)CC1CC1C. The summed E-state index contributed by atoms with van der Waals surface area (Å²) in [5.41, 5.74) is 0.721. The third-order valence-electron chi connectivity index (χ3n) is 3.31. The number of anilines is 1. The summed E-state index contributed by atoms with van der Waals surface area (Å²) in [5, 5.41) is 0. The second-order valence-electron chi connectivity index (χ2n) is 4.78. The fourth-order valence-corrected chi connectivity index (χ4v) is 2.07. The van der Waals surface area contributed by atoms with Crippen LogP contribution in [0.15, 0.2) is 18.3 Å². The maximum atomic E-state index is 11.5. The molecule has 1 aromatic rings. The fraction of sp³-hybridized carbons (Fsp3) is 0.538. The van der Waals surface area contributed by atoms with Crippen LogP contribution in [0.3, 0.4) is 0 Å². The van der Waals surface area contributed by atoms with Gasteiger partial charge in [0.05, 0.1) is 5.56 Å². The predicted molar refractivity (Wildman–Crippen MR) is 64.8 cm³/mol. The van der Waals surface area contributed by atoms with Gasteiger partial charge in [-0.25, -0.2) is 4.98 Å². The fourth-order valence-electron chi connectivity index (χ4n) is 2.07. The van der Waals surface area contributed by atoms with E-state index in [1.54, 1.807) is 13.1 Å². The molecule has 0 saturated heterocycles. The Balaban J connectivity index is 2.15. The molecule has 0 aromatic carbocycles. The van der Waals surface area contributed by atoms with E-state index in [2.05, 4.69) is 16.8 Å². The highest BCUT2D eigenvalue weighted by Crippen LogP contribution is 2.38. The van der Waals surface area contributed by atoms with Gasteiger partial charge >= 0.3 is 0 Å². The predicted octanol–water partition coefficient (Wildman–Crippen LogP) is 2.38. The number of hydrogen-bond donors (Lipinski definition) is 0. The zero-order valence-electron chi connectivity index (χ0n) is 10.1. The van der Waals surface area contributed by atoms with Crippen molar-refractivity contribution < 1.29 is 4.79 Å². The second kappa shape index (κ2) is 4.24. The average Bonchev–Trinajstić information content (AvgIpc) is 2.94. The van der Waals surface area contributed by atoms with E-state index in [1.807, 2.05) is 19.2 Å². The lowest BCUT2D eigenvalue weighted by Gasteiger charge is -2.20. The number of carbonyl (C=O) groups excluding carboxylic acids is 1. The normalized spacial score (nSPS) is 22.9. The van der Waals surface area contributed by atoms with Crippen molar-refractivity contribution in [2.75, 3.05) is 18.5 Å². The minimum Gasteiger partial charge on any atom is -0.359 e. The maximum absolute atomic E-state index is 11.5. The van der Waals surface area contributed by atoms with Crippen LogP contribution in [-0.2, 0) is 0 Å². The van der Waals surface area contributed by atoms with Crippen molar-refractivity contribution >= 4 is 11.6 Å². The summed E-state index contributed by atoms with van der Waals surface area (Å²) in [5.74, 6) is 2.49. The van der Waals surface area contributed by atoms with Gasteiger partial charge in [-0.2, -0.15) is 0 Å². The number of hydrogen-bond acceptors (Lipinski definition) is 3. The molecule has 0 N–H and O–H groups in total. The van der Waals surface area contributed by atoms with Gasteiger partial charge in [0.2, 0.25) is 0 Å². The van der Waals surface area contributed by atoms with Crippen molar-refractivity contribution in [3.63, 3.8) is 0 Å². The van der Waals surface area contributed by atoms with Crippen LogP contribution in [0, 0.1) is 11.8 Å². The standard InChI is InChI=1S/C13H18N2O/c1-9-7-11(9)8-15(3)13-12(10(2)16)5-4-6-14-13/h4-6,9,11H,7-8H2,1-3H3. The van der Waals surface area contributed by atoms with Gasteiger partial charge in [-0.1, -0.05) is 6.92 Å². The van der Waals surface area contributed by atoms with Gasteiger partial charge in [0.1, 0.15) is 5.82 Å². The van der Waals surface area contributed by atoms with E-state index in [0.29, 0.717) is 0 Å². The molecule has 0 radical (unpaired) electrons. The van der Waals surface area contributed by atoms with E-state index in [0.717, 1.165) is 29.8 Å². The summed E-state index contributed by atoms with van der Waals surface area (Å²) in [4.78, 5) is 17.9. The lowest BCUT2D eigenvalue weighted by atomic mass is 10.1. The van der Waals surface area contributed by atoms with Gasteiger partial charge in [0, 0.05) is 19.8 Å². The Kier molecular flexibility index (Phi) is 2.95. The largest absolute Gasteiger partial charge is 0.359 e. The molecule has 0 amide bonds. The van der Waals surface area contributed by atoms with Crippen LogP contribution in [0.25, 0.3) is 0 Å². The van der Waals surface area contributed by atoms with Crippen LogP contribution in [0.4, 0.5) is 5.82 Å². The average molecular weight is 218 g/mol. The molecule has 3 heteroatoms. The van der Waals surface area contributed by atoms with E-state index >= 15 is 0 Å². The Bertz CT molecular complexity index is 403. The summed E-state index contributed by atoms with van der Waals surface area (Å²) in [6.07, 6.45) is 3.04. The van der Waals surface area contributed by atoms with E-state index in [4.69, 9.17) is 0 Å². The molecule has 0 bridgehead atoms. The third-order valence-corrected chi connectivity index (χ3v) is 3.31. The van der Waals surface area contributed by atoms with Gasteiger partial charge in [-0.15, -0.1) is 0 Å². The number of carbonyl (C=O) groups is 1. The van der Waals surface area contributed by atoms with Crippen molar-refractivity contribution in [1.29, 1.82) is 0 Å². The Hall–Kier alpha value is -1.38. The molecule has 1 aliphatic carbocycles. The van der Waals surface area contributed by atoms with Crippen LogP contribution in [-0.4, -0.2) is 24.4 Å². The molecular formula is C13H18N2O. The van der Waals surface area contributed by atoms with E-state index in [1.165, 1.54) is 6.42 Å². The molecule has 1 fully saturated rings. The summed E-state index contributed by atoms with van der Waals surface area (Å²) in [6.45, 7) is 4.86. The highest BCUT2D eigenvalue weighted by atomic mass is 16.1. The van der Waals surface area contributed by atoms with Crippen LogP contribution in [0.1, 0.15) is 30.6 Å². The van der Waals surface area contributed by atoms with Crippen molar-refractivity contribution in [1.82, 2.24) is 4.98 Å². The van der Waals surface area contributed by atoms with Gasteiger partial charge in [0.15, 0.2) is 5.78 Å². The molecule has 1 aliphatic rings. The third kappa shape index (κ3) is 2.23. The number of Topliss-reactive ketones (excluding diaryl/α,β-unsaturated/α-hetero) is 1. The molecule has 1 aromatic heterocycles. The maximum Gasteiger partial charge on any atom is 0.163 e. The van der Waals surface area contributed by atoms with Crippen molar-refractivity contribution in [2.45, 2.75) is 20.3 Å². The zero-order chi connectivity index (χ0) is 11.7. The summed E-state index contributed by atoms with van der Waals surface area (Å²) in [7, 11) is 2.01. The van der Waals surface area contributed by atoms with Crippen LogP contribution in [0.2, 0.25) is 0 Å². The lowest BCUT2D eigenvalue weighted by Crippen LogP contribution is -2.23. The lowest BCUT2D eigenvalue weighted by molar-refractivity contribution is 0.101. The van der Waals surface area contributed by atoms with Crippen LogP contribution < -0.4 is 4.90 Å². The molecule has 0 aliphatic heterocycles. The van der Waals surface area contributed by atoms with Gasteiger partial charge in [0.25, 0.3) is 0 Å². The van der Waals surface area contributed by atoms with Crippen molar-refractivity contribution in [3.05, 3.63) is 23.9 Å². The van der Waals surface area contributed by atoms with Gasteiger partial charge in [-0.3, -0.25) is 4.79 Å². The second-order valence-corrected chi connectivity index (χ2v) is 4.78. The smallest absolute Gasteiger partial charge is 0.163 e. The van der Waals surface area contributed by atoms with Crippen molar-refractivity contribution in [2.24, 2.45) is 11.8 Å². The number of aromatic nitrogens is 1. The summed E-state index contributed by atoms with van der Waals surface area (Å²) in [6, 6.07) is 3.66. The topological polar surface area (TPSA) is 33.2 Å². The number of ketones is 1. The molecule has 16 heavy (non-hydrogen) atoms. The molecule has 1 heterocycles. The molecule has 86 valence electrons. The first-order valence-corrected chi connectivity index (χ1v) is 5.76. The minimum atomic E-state index is 0.0822. The molecule has 2 atom stereocenters. The van der Waals surface area contributed by atoms with Crippen LogP contribution in [0.5, 0.6) is 0 Å². The Morgan fingerprint density at radius 3 is 2.88 bits per heavy atom. The first kappa shape index (κ1) is 11.1. The zero-order valence-corrected chi connectivity index (χ0v) is 10.1. The molecule has 1 saturated carbocycles. The molecule has 2 unspecified atom stereocenters. The Labute approximate surface area is 96.5 Å². The van der Waals surface area contributed by atoms with Gasteiger partial charge < -0.3 is 4.90 Å². The molecule has 2 rings (SSSR count).